The molecule has 1 atom stereocenters. The highest BCUT2D eigenvalue weighted by atomic mass is 35.5. The minimum Gasteiger partial charge on any atom is -0.371 e. The van der Waals surface area contributed by atoms with E-state index in [0.29, 0.717) is 0 Å². The number of fused-ring (bicyclic) bond motifs is 1. The second-order valence-electron chi connectivity index (χ2n) is 4.45. The number of benzene rings is 1. The average molecular weight is 251 g/mol. The van der Waals surface area contributed by atoms with Gasteiger partial charge >= 0.3 is 0 Å². The van der Waals surface area contributed by atoms with Gasteiger partial charge in [0.25, 0.3) is 0 Å². The number of hydrogen-bond acceptors (Lipinski definition) is 2. The van der Waals surface area contributed by atoms with Crippen molar-refractivity contribution in [1.29, 1.82) is 0 Å². The molecule has 3 rings (SSSR count). The lowest BCUT2D eigenvalue weighted by Gasteiger charge is -2.24. The number of aromatic nitrogens is 1. The fourth-order valence-electron chi connectivity index (χ4n) is 2.34. The molecule has 0 spiro atoms. The number of rotatable bonds is 1. The van der Waals surface area contributed by atoms with E-state index in [4.69, 9.17) is 16.3 Å². The van der Waals surface area contributed by atoms with Crippen molar-refractivity contribution in [3.8, 4) is 0 Å². The van der Waals surface area contributed by atoms with Gasteiger partial charge in [-0.25, -0.2) is 0 Å². The molecule has 1 aromatic heterocycles. The van der Waals surface area contributed by atoms with Gasteiger partial charge in [-0.3, -0.25) is 0 Å². The van der Waals surface area contributed by atoms with Gasteiger partial charge < -0.3 is 15.0 Å². The monoisotopic (exact) mass is 250 g/mol. The number of aryl methyl sites for hydroxylation is 1. The number of aromatic amines is 1. The van der Waals surface area contributed by atoms with Crippen LogP contribution in [0.25, 0.3) is 10.9 Å². The normalized spacial score (nSPS) is 20.9. The summed E-state index contributed by atoms with van der Waals surface area (Å²) in [7, 11) is 0. The predicted molar refractivity (Wildman–Crippen MR) is 69.6 cm³/mol. The van der Waals surface area contributed by atoms with E-state index in [1.807, 2.05) is 6.92 Å². The molecule has 4 heteroatoms. The zero-order chi connectivity index (χ0) is 11.8. The summed E-state index contributed by atoms with van der Waals surface area (Å²) in [5, 5.41) is 5.21. The van der Waals surface area contributed by atoms with Crippen LogP contribution in [0.15, 0.2) is 18.2 Å². The first-order chi connectivity index (χ1) is 8.25. The number of H-pyrrole nitrogens is 1. The Morgan fingerprint density at radius 2 is 2.29 bits per heavy atom. The first-order valence-corrected chi connectivity index (χ1v) is 6.23. The van der Waals surface area contributed by atoms with Gasteiger partial charge in [0.1, 0.15) is 0 Å². The smallest absolute Gasteiger partial charge is 0.0964 e. The van der Waals surface area contributed by atoms with Crippen LogP contribution in [0.5, 0.6) is 0 Å². The molecule has 1 unspecified atom stereocenters. The van der Waals surface area contributed by atoms with Crippen molar-refractivity contribution in [2.75, 3.05) is 19.7 Å². The third-order valence-corrected chi connectivity index (χ3v) is 3.60. The molecule has 3 nitrogen and oxygen atoms in total. The summed E-state index contributed by atoms with van der Waals surface area (Å²) in [5.74, 6) is 0. The van der Waals surface area contributed by atoms with E-state index in [9.17, 15) is 0 Å². The zero-order valence-corrected chi connectivity index (χ0v) is 10.5. The Hall–Kier alpha value is -1.03. The Balaban J connectivity index is 2.06. The van der Waals surface area contributed by atoms with Gasteiger partial charge in [-0.2, -0.15) is 0 Å². The van der Waals surface area contributed by atoms with Crippen molar-refractivity contribution in [2.24, 2.45) is 0 Å². The van der Waals surface area contributed by atoms with Gasteiger partial charge in [-0.15, -0.1) is 0 Å². The van der Waals surface area contributed by atoms with Crippen LogP contribution in [0.1, 0.15) is 17.4 Å². The molecule has 1 fully saturated rings. The Kier molecular flexibility index (Phi) is 2.82. The third-order valence-electron chi connectivity index (χ3n) is 3.18. The molecule has 2 aromatic rings. The van der Waals surface area contributed by atoms with E-state index < -0.39 is 0 Å². The molecule has 0 amide bonds. The lowest BCUT2D eigenvalue weighted by molar-refractivity contribution is 0.0278. The van der Waals surface area contributed by atoms with Crippen LogP contribution in [0, 0.1) is 6.92 Å². The van der Waals surface area contributed by atoms with Crippen molar-refractivity contribution < 1.29 is 4.74 Å². The molecule has 0 saturated carbocycles. The minimum atomic E-state index is 0.0656. The molecule has 1 aliphatic heterocycles. The summed E-state index contributed by atoms with van der Waals surface area (Å²) in [5.41, 5.74) is 3.28. The SMILES string of the molecule is Cc1cc2c(Cl)c(C3CNCCO3)ccc2[nH]1. The first kappa shape index (κ1) is 11.1. The van der Waals surface area contributed by atoms with Crippen LogP contribution >= 0.6 is 11.6 Å². The lowest BCUT2D eigenvalue weighted by atomic mass is 10.1. The molecule has 0 bridgehead atoms. The third kappa shape index (κ3) is 1.95. The summed E-state index contributed by atoms with van der Waals surface area (Å²) < 4.78 is 5.74. The second-order valence-corrected chi connectivity index (χ2v) is 4.82. The summed E-state index contributed by atoms with van der Waals surface area (Å²) in [6.45, 7) is 4.52. The largest absolute Gasteiger partial charge is 0.371 e. The van der Waals surface area contributed by atoms with E-state index in [1.54, 1.807) is 0 Å². The van der Waals surface area contributed by atoms with Crippen molar-refractivity contribution in [1.82, 2.24) is 10.3 Å². The molecule has 0 aliphatic carbocycles. The van der Waals surface area contributed by atoms with Gasteiger partial charge in [0, 0.05) is 35.2 Å². The van der Waals surface area contributed by atoms with Crippen LogP contribution in [0.3, 0.4) is 0 Å². The summed E-state index contributed by atoms with van der Waals surface area (Å²) >= 11 is 6.46. The van der Waals surface area contributed by atoms with Gasteiger partial charge in [0.15, 0.2) is 0 Å². The topological polar surface area (TPSA) is 37.0 Å². The van der Waals surface area contributed by atoms with E-state index >= 15 is 0 Å². The van der Waals surface area contributed by atoms with Crippen LogP contribution < -0.4 is 5.32 Å². The molecular formula is C13H15ClN2O. The molecule has 0 radical (unpaired) electrons. The van der Waals surface area contributed by atoms with Gasteiger partial charge in [-0.1, -0.05) is 17.7 Å². The fraction of sp³-hybridized carbons (Fsp3) is 0.385. The number of nitrogens with one attached hydrogen (secondary N) is 2. The Morgan fingerprint density at radius 3 is 3.06 bits per heavy atom. The summed E-state index contributed by atoms with van der Waals surface area (Å²) in [6, 6.07) is 6.21. The van der Waals surface area contributed by atoms with E-state index in [0.717, 1.165) is 46.9 Å². The minimum absolute atomic E-state index is 0.0656. The van der Waals surface area contributed by atoms with Gasteiger partial charge in [0.2, 0.25) is 0 Å². The van der Waals surface area contributed by atoms with E-state index in [2.05, 4.69) is 28.5 Å². The first-order valence-electron chi connectivity index (χ1n) is 5.86. The highest BCUT2D eigenvalue weighted by Crippen LogP contribution is 2.33. The van der Waals surface area contributed by atoms with E-state index in [-0.39, 0.29) is 6.10 Å². The van der Waals surface area contributed by atoms with Crippen LogP contribution in [-0.4, -0.2) is 24.7 Å². The molecule has 17 heavy (non-hydrogen) atoms. The highest BCUT2D eigenvalue weighted by molar-refractivity contribution is 6.36. The summed E-state index contributed by atoms with van der Waals surface area (Å²) in [6.07, 6.45) is 0.0656. The quantitative estimate of drug-likeness (QED) is 0.817. The molecule has 2 heterocycles. The van der Waals surface area contributed by atoms with Crippen molar-refractivity contribution in [3.05, 3.63) is 34.5 Å². The Labute approximate surface area is 105 Å². The molecule has 2 N–H and O–H groups in total. The standard InChI is InChI=1S/C13H15ClN2O/c1-8-6-10-11(16-8)3-2-9(13(10)14)12-7-15-4-5-17-12/h2-3,6,12,15-16H,4-5,7H2,1H3. The second kappa shape index (κ2) is 4.33. The molecule has 1 aromatic carbocycles. The number of hydrogen-bond donors (Lipinski definition) is 2. The average Bonchev–Trinajstić information content (AvgIpc) is 2.72. The number of halogens is 1. The maximum atomic E-state index is 6.46. The fourth-order valence-corrected chi connectivity index (χ4v) is 2.68. The molecule has 1 aliphatic rings. The van der Waals surface area contributed by atoms with E-state index in [1.165, 1.54) is 0 Å². The van der Waals surface area contributed by atoms with Crippen molar-refractivity contribution >= 4 is 22.5 Å². The van der Waals surface area contributed by atoms with Crippen LogP contribution in [0.4, 0.5) is 0 Å². The van der Waals surface area contributed by atoms with Gasteiger partial charge in [-0.05, 0) is 19.1 Å². The summed E-state index contributed by atoms with van der Waals surface area (Å²) in [4.78, 5) is 3.29. The lowest BCUT2D eigenvalue weighted by Crippen LogP contribution is -2.33. The zero-order valence-electron chi connectivity index (χ0n) is 9.72. The Bertz CT molecular complexity index is 544. The molecule has 1 saturated heterocycles. The van der Waals surface area contributed by atoms with Crippen LogP contribution in [-0.2, 0) is 4.74 Å². The van der Waals surface area contributed by atoms with Crippen molar-refractivity contribution in [2.45, 2.75) is 13.0 Å². The van der Waals surface area contributed by atoms with Crippen LogP contribution in [0.2, 0.25) is 5.02 Å². The molecule has 90 valence electrons. The van der Waals surface area contributed by atoms with Crippen molar-refractivity contribution in [3.63, 3.8) is 0 Å². The Morgan fingerprint density at radius 1 is 1.41 bits per heavy atom. The number of morpholine rings is 1. The maximum Gasteiger partial charge on any atom is 0.0964 e. The highest BCUT2D eigenvalue weighted by Gasteiger charge is 2.19. The number of ether oxygens (including phenoxy) is 1. The predicted octanol–water partition coefficient (Wildman–Crippen LogP) is 2.79. The maximum absolute atomic E-state index is 6.46. The van der Waals surface area contributed by atoms with Gasteiger partial charge in [0.05, 0.1) is 17.7 Å². The molecular weight excluding hydrogens is 236 g/mol.